The Morgan fingerprint density at radius 3 is 2.34 bits per heavy atom. The van der Waals surface area contributed by atoms with Gasteiger partial charge in [0.2, 0.25) is 0 Å². The fourth-order valence-electron chi connectivity index (χ4n) is 3.99. The van der Waals surface area contributed by atoms with E-state index >= 15 is 0 Å². The van der Waals surface area contributed by atoms with Gasteiger partial charge in [0.1, 0.15) is 16.9 Å². The highest BCUT2D eigenvalue weighted by atomic mass is 19.4. The third-order valence-electron chi connectivity index (χ3n) is 5.54. The molecule has 0 radical (unpaired) electrons. The van der Waals surface area contributed by atoms with Gasteiger partial charge in [0.25, 0.3) is 5.91 Å². The number of rotatable bonds is 7. The SMILES string of the molecule is CC(=O)OC(C)(C)C(NC(=O)c1cnn2cc(C)c(-n3cc(C)nn3)nc12)c1ccc(OC(F)(F)F)cc1. The van der Waals surface area contributed by atoms with Crippen molar-refractivity contribution in [2.45, 2.75) is 52.6 Å². The average Bonchev–Trinajstić information content (AvgIpc) is 3.41. The summed E-state index contributed by atoms with van der Waals surface area (Å²) in [5, 5.41) is 15.0. The maximum atomic E-state index is 13.5. The third kappa shape index (κ3) is 5.74. The van der Waals surface area contributed by atoms with E-state index in [-0.39, 0.29) is 11.2 Å². The van der Waals surface area contributed by atoms with E-state index in [9.17, 15) is 22.8 Å². The molecule has 0 saturated carbocycles. The third-order valence-corrected chi connectivity index (χ3v) is 5.54. The minimum absolute atomic E-state index is 0.115. The minimum Gasteiger partial charge on any atom is -0.457 e. The highest BCUT2D eigenvalue weighted by Gasteiger charge is 2.37. The lowest BCUT2D eigenvalue weighted by molar-refractivity contribution is -0.274. The van der Waals surface area contributed by atoms with Crippen LogP contribution >= 0.6 is 0 Å². The maximum absolute atomic E-state index is 13.5. The number of esters is 1. The molecule has 14 heteroatoms. The second-order valence-electron chi connectivity index (χ2n) is 9.10. The molecule has 1 unspecified atom stereocenters. The molecule has 3 heterocycles. The second-order valence-corrected chi connectivity index (χ2v) is 9.10. The molecule has 1 amide bonds. The summed E-state index contributed by atoms with van der Waals surface area (Å²) in [5.74, 6) is -1.19. The Bertz CT molecular complexity index is 1490. The summed E-state index contributed by atoms with van der Waals surface area (Å²) in [6.45, 7) is 7.95. The van der Waals surface area contributed by atoms with Crippen molar-refractivity contribution < 1.29 is 32.2 Å². The van der Waals surface area contributed by atoms with Crippen molar-refractivity contribution in [1.82, 2.24) is 34.9 Å². The summed E-state index contributed by atoms with van der Waals surface area (Å²) in [4.78, 5) is 29.8. The van der Waals surface area contributed by atoms with Crippen LogP contribution < -0.4 is 10.1 Å². The van der Waals surface area contributed by atoms with Crippen molar-refractivity contribution in [3.05, 3.63) is 65.2 Å². The molecule has 4 aromatic rings. The zero-order valence-electron chi connectivity index (χ0n) is 21.1. The van der Waals surface area contributed by atoms with Crippen LogP contribution in [0.3, 0.4) is 0 Å². The van der Waals surface area contributed by atoms with E-state index in [1.165, 1.54) is 34.5 Å². The summed E-state index contributed by atoms with van der Waals surface area (Å²) in [6, 6.07) is 3.95. The summed E-state index contributed by atoms with van der Waals surface area (Å²) < 4.78 is 50.1. The second kappa shape index (κ2) is 9.76. The lowest BCUT2D eigenvalue weighted by Crippen LogP contribution is -2.45. The fraction of sp³-hybridized carbons (Fsp3) is 0.333. The topological polar surface area (TPSA) is 126 Å². The number of fused-ring (bicyclic) bond motifs is 1. The number of nitrogens with zero attached hydrogens (tertiary/aromatic N) is 6. The normalized spacial score (nSPS) is 12.8. The fourth-order valence-corrected chi connectivity index (χ4v) is 3.99. The Morgan fingerprint density at radius 2 is 1.76 bits per heavy atom. The summed E-state index contributed by atoms with van der Waals surface area (Å²) in [7, 11) is 0. The van der Waals surface area contributed by atoms with E-state index in [0.29, 0.717) is 17.1 Å². The summed E-state index contributed by atoms with van der Waals surface area (Å²) in [5.41, 5.74) is 0.841. The molecule has 0 aliphatic rings. The van der Waals surface area contributed by atoms with Crippen molar-refractivity contribution in [2.24, 2.45) is 0 Å². The van der Waals surface area contributed by atoms with E-state index in [4.69, 9.17) is 4.74 Å². The molecule has 3 aromatic heterocycles. The van der Waals surface area contributed by atoms with E-state index < -0.39 is 35.6 Å². The van der Waals surface area contributed by atoms with Gasteiger partial charge in [0, 0.05) is 18.7 Å². The number of alkyl halides is 3. The predicted molar refractivity (Wildman–Crippen MR) is 127 cm³/mol. The molecule has 1 atom stereocenters. The molecule has 0 aliphatic heterocycles. The lowest BCUT2D eigenvalue weighted by Gasteiger charge is -2.34. The van der Waals surface area contributed by atoms with Crippen LogP contribution in [0.5, 0.6) is 5.75 Å². The number of hydrogen-bond acceptors (Lipinski definition) is 8. The number of nitrogens with one attached hydrogen (secondary N) is 1. The van der Waals surface area contributed by atoms with Crippen molar-refractivity contribution in [1.29, 1.82) is 0 Å². The van der Waals surface area contributed by atoms with Gasteiger partial charge in [-0.1, -0.05) is 17.3 Å². The van der Waals surface area contributed by atoms with Gasteiger partial charge < -0.3 is 14.8 Å². The van der Waals surface area contributed by atoms with Crippen LogP contribution in [-0.4, -0.2) is 53.4 Å². The quantitative estimate of drug-likeness (QED) is 0.359. The summed E-state index contributed by atoms with van der Waals surface area (Å²) in [6.07, 6.45) is -0.148. The molecule has 0 saturated heterocycles. The van der Waals surface area contributed by atoms with Crippen molar-refractivity contribution >= 4 is 17.5 Å². The molecule has 200 valence electrons. The molecule has 1 N–H and O–H groups in total. The van der Waals surface area contributed by atoms with Crippen LogP contribution in [0.4, 0.5) is 13.2 Å². The summed E-state index contributed by atoms with van der Waals surface area (Å²) >= 11 is 0. The molecule has 0 aliphatic carbocycles. The monoisotopic (exact) mass is 531 g/mol. The van der Waals surface area contributed by atoms with Crippen molar-refractivity contribution in [3.63, 3.8) is 0 Å². The van der Waals surface area contributed by atoms with E-state index in [0.717, 1.165) is 17.7 Å². The van der Waals surface area contributed by atoms with Crippen LogP contribution in [0, 0.1) is 13.8 Å². The van der Waals surface area contributed by atoms with Gasteiger partial charge in [-0.2, -0.15) is 5.10 Å². The average molecular weight is 531 g/mol. The highest BCUT2D eigenvalue weighted by Crippen LogP contribution is 2.32. The van der Waals surface area contributed by atoms with Crippen LogP contribution in [0.25, 0.3) is 11.5 Å². The van der Waals surface area contributed by atoms with Crippen LogP contribution in [0.15, 0.2) is 42.9 Å². The van der Waals surface area contributed by atoms with E-state index in [1.807, 2.05) is 6.92 Å². The van der Waals surface area contributed by atoms with Crippen LogP contribution in [0.1, 0.15) is 54.0 Å². The number of ether oxygens (including phenoxy) is 2. The maximum Gasteiger partial charge on any atom is 0.573 e. The first-order valence-corrected chi connectivity index (χ1v) is 11.3. The van der Waals surface area contributed by atoms with Gasteiger partial charge in [-0.15, -0.1) is 18.3 Å². The first kappa shape index (κ1) is 26.6. The van der Waals surface area contributed by atoms with E-state index in [1.54, 1.807) is 33.2 Å². The number of aromatic nitrogens is 6. The van der Waals surface area contributed by atoms with Crippen LogP contribution in [-0.2, 0) is 9.53 Å². The zero-order chi connectivity index (χ0) is 27.8. The molecule has 4 rings (SSSR count). The minimum atomic E-state index is -4.86. The number of amides is 1. The molecule has 0 bridgehead atoms. The van der Waals surface area contributed by atoms with Gasteiger partial charge in [-0.3, -0.25) is 9.59 Å². The number of carbonyl (C=O) groups is 2. The van der Waals surface area contributed by atoms with Crippen molar-refractivity contribution in [3.8, 4) is 11.6 Å². The number of hydrogen-bond donors (Lipinski definition) is 1. The molecular weight excluding hydrogens is 507 g/mol. The Labute approximate surface area is 214 Å². The van der Waals surface area contributed by atoms with Gasteiger partial charge in [-0.05, 0) is 45.4 Å². The molecular formula is C24H24F3N7O4. The number of carbonyl (C=O) groups excluding carboxylic acids is 2. The van der Waals surface area contributed by atoms with Gasteiger partial charge in [0.05, 0.1) is 24.1 Å². The number of halogens is 3. The first-order chi connectivity index (χ1) is 17.7. The van der Waals surface area contributed by atoms with Crippen LogP contribution in [0.2, 0.25) is 0 Å². The Hall–Kier alpha value is -4.49. The number of aryl methyl sites for hydroxylation is 2. The molecule has 0 fully saturated rings. The molecule has 0 spiro atoms. The van der Waals surface area contributed by atoms with Gasteiger partial charge in [-0.25, -0.2) is 14.2 Å². The lowest BCUT2D eigenvalue weighted by atomic mass is 9.91. The highest BCUT2D eigenvalue weighted by molar-refractivity contribution is 6.00. The molecule has 11 nitrogen and oxygen atoms in total. The first-order valence-electron chi connectivity index (χ1n) is 11.3. The Balaban J connectivity index is 1.70. The van der Waals surface area contributed by atoms with E-state index in [2.05, 4.69) is 30.4 Å². The van der Waals surface area contributed by atoms with Gasteiger partial charge in [0.15, 0.2) is 11.5 Å². The largest absolute Gasteiger partial charge is 0.573 e. The molecule has 38 heavy (non-hydrogen) atoms. The number of benzene rings is 1. The van der Waals surface area contributed by atoms with Crippen molar-refractivity contribution in [2.75, 3.05) is 0 Å². The standard InChI is InChI=1S/C24H24F3N7O4/c1-13-11-33-21(30-20(13)34-12-14(2)31-32-34)18(10-28-33)22(36)29-19(23(4,5)37-15(3)35)16-6-8-17(9-7-16)38-24(25,26)27/h6-12,19H,1-5H3,(H,29,36). The molecule has 1 aromatic carbocycles. The smallest absolute Gasteiger partial charge is 0.457 e. The van der Waals surface area contributed by atoms with Gasteiger partial charge >= 0.3 is 12.3 Å². The predicted octanol–water partition coefficient (Wildman–Crippen LogP) is 3.64. The Morgan fingerprint density at radius 1 is 1.08 bits per heavy atom. The Kier molecular flexibility index (Phi) is 6.82. The zero-order valence-corrected chi connectivity index (χ0v) is 21.1.